The summed E-state index contributed by atoms with van der Waals surface area (Å²) in [5.74, 6) is 0.414. The Bertz CT molecular complexity index is 1700. The first-order chi connectivity index (χ1) is 20.5. The molecule has 0 fully saturated rings. The number of anilines is 1. The van der Waals surface area contributed by atoms with Crippen LogP contribution in [0.3, 0.4) is 0 Å². The Labute approximate surface area is 247 Å². The maximum atomic E-state index is 14.0. The molecule has 5 nitrogen and oxygen atoms in total. The molecule has 4 aromatic carbocycles. The summed E-state index contributed by atoms with van der Waals surface area (Å²) in [4.78, 5) is 34.5. The number of aromatic nitrogens is 2. The molecule has 6 rings (SSSR count). The number of carbonyl (C=O) groups is 2. The van der Waals surface area contributed by atoms with E-state index in [2.05, 4.69) is 45.6 Å². The van der Waals surface area contributed by atoms with Crippen LogP contribution in [-0.2, 0) is 12.8 Å². The molecule has 2 N–H and O–H groups in total. The average Bonchev–Trinajstić information content (AvgIpc) is 3.52. The summed E-state index contributed by atoms with van der Waals surface area (Å²) in [6.07, 6.45) is 10.3. The van der Waals surface area contributed by atoms with E-state index in [1.807, 2.05) is 67.7 Å². The number of hydrogen-bond donors (Lipinski definition) is 2. The van der Waals surface area contributed by atoms with Gasteiger partial charge in [-0.05, 0) is 97.5 Å². The molecule has 1 amide bonds. The number of Topliss-reactive ketones (excluding diaryl/α,β-unsaturated/α-hetero) is 1. The van der Waals surface area contributed by atoms with Crippen LogP contribution in [0.25, 0.3) is 10.8 Å². The molecule has 2 atom stereocenters. The molecule has 0 aliphatic heterocycles. The number of nitrogens with one attached hydrogen (secondary N) is 2. The van der Waals surface area contributed by atoms with Crippen molar-refractivity contribution in [1.82, 2.24) is 9.97 Å². The van der Waals surface area contributed by atoms with Crippen LogP contribution in [0.1, 0.15) is 81.1 Å². The van der Waals surface area contributed by atoms with Crippen molar-refractivity contribution in [3.8, 4) is 0 Å². The summed E-state index contributed by atoms with van der Waals surface area (Å²) in [6.45, 7) is 1.99. The number of hydrogen-bond acceptors (Lipinski definition) is 3. The van der Waals surface area contributed by atoms with Crippen LogP contribution in [0.5, 0.6) is 0 Å². The number of benzene rings is 4. The molecule has 1 aromatic heterocycles. The molecular formula is C37H37N3O2. The lowest BCUT2D eigenvalue weighted by molar-refractivity contribution is 0.0909. The number of imidazole rings is 1. The molecule has 0 saturated carbocycles. The van der Waals surface area contributed by atoms with Gasteiger partial charge in [-0.25, -0.2) is 4.98 Å². The molecule has 5 heteroatoms. The first-order valence-corrected chi connectivity index (χ1v) is 15.1. The standard InChI is InChI=1S/C37H37N3O2/c1-25-8-4-14-30(20-25)37(42)40-31-19-18-28-21-29(36(41)34-17-7-12-26-9-2-3-16-33(26)34)13-5-10-27(35(28)22-31)11-6-15-32-23-38-24-39-32/h2-4,7-9,12,14,16-20,22-24,27,29H,5-6,10-11,13,15,21H2,1H3,(H,38,39)(H,40,42). The number of ketones is 1. The van der Waals surface area contributed by atoms with Gasteiger partial charge in [0.2, 0.25) is 0 Å². The van der Waals surface area contributed by atoms with Crippen molar-refractivity contribution in [3.63, 3.8) is 0 Å². The predicted octanol–water partition coefficient (Wildman–Crippen LogP) is 8.46. The Kier molecular flexibility index (Phi) is 8.27. The van der Waals surface area contributed by atoms with E-state index < -0.39 is 0 Å². The molecule has 1 aliphatic rings. The second-order valence-electron chi connectivity index (χ2n) is 11.6. The van der Waals surface area contributed by atoms with Gasteiger partial charge in [-0.15, -0.1) is 0 Å². The minimum Gasteiger partial charge on any atom is -0.348 e. The first-order valence-electron chi connectivity index (χ1n) is 15.1. The van der Waals surface area contributed by atoms with Crippen LogP contribution in [0.15, 0.2) is 97.5 Å². The van der Waals surface area contributed by atoms with Gasteiger partial charge in [0.25, 0.3) is 5.91 Å². The molecule has 42 heavy (non-hydrogen) atoms. The van der Waals surface area contributed by atoms with Gasteiger partial charge in [-0.2, -0.15) is 0 Å². The normalized spacial score (nSPS) is 16.8. The van der Waals surface area contributed by atoms with E-state index in [4.69, 9.17) is 0 Å². The van der Waals surface area contributed by atoms with Crippen molar-refractivity contribution >= 4 is 28.2 Å². The van der Waals surface area contributed by atoms with Gasteiger partial charge in [0.05, 0.1) is 6.33 Å². The predicted molar refractivity (Wildman–Crippen MR) is 169 cm³/mol. The van der Waals surface area contributed by atoms with E-state index in [1.54, 1.807) is 6.33 Å². The minimum absolute atomic E-state index is 0.0757. The third kappa shape index (κ3) is 6.20. The van der Waals surface area contributed by atoms with Crippen LogP contribution < -0.4 is 5.32 Å². The highest BCUT2D eigenvalue weighted by molar-refractivity contribution is 6.09. The van der Waals surface area contributed by atoms with Gasteiger partial charge in [0.1, 0.15) is 0 Å². The Morgan fingerprint density at radius 3 is 2.67 bits per heavy atom. The Hall–Kier alpha value is -4.51. The van der Waals surface area contributed by atoms with Gasteiger partial charge in [-0.1, -0.05) is 72.6 Å². The summed E-state index contributed by atoms with van der Waals surface area (Å²) in [6, 6.07) is 28.1. The van der Waals surface area contributed by atoms with Crippen molar-refractivity contribution in [2.45, 2.75) is 57.8 Å². The molecule has 2 unspecified atom stereocenters. The average molecular weight is 556 g/mol. The van der Waals surface area contributed by atoms with Gasteiger partial charge < -0.3 is 10.3 Å². The highest BCUT2D eigenvalue weighted by Gasteiger charge is 2.28. The maximum absolute atomic E-state index is 14.0. The Morgan fingerprint density at radius 2 is 1.81 bits per heavy atom. The number of nitrogens with zero attached hydrogens (tertiary/aromatic N) is 1. The summed E-state index contributed by atoms with van der Waals surface area (Å²) in [7, 11) is 0. The molecule has 0 spiro atoms. The molecule has 1 aliphatic carbocycles. The molecule has 0 bridgehead atoms. The van der Waals surface area contributed by atoms with Crippen LogP contribution >= 0.6 is 0 Å². The number of H-pyrrole nitrogens is 1. The molecule has 1 heterocycles. The van der Waals surface area contributed by atoms with E-state index in [-0.39, 0.29) is 17.6 Å². The fourth-order valence-corrected chi connectivity index (χ4v) is 6.51. The molecule has 0 saturated heterocycles. The van der Waals surface area contributed by atoms with E-state index in [0.717, 1.165) is 71.8 Å². The number of rotatable bonds is 8. The van der Waals surface area contributed by atoms with Crippen LogP contribution in [0.2, 0.25) is 0 Å². The number of carbonyl (C=O) groups excluding carboxylic acids is 2. The summed E-state index contributed by atoms with van der Waals surface area (Å²) >= 11 is 0. The number of amides is 1. The zero-order valence-electron chi connectivity index (χ0n) is 24.1. The Morgan fingerprint density at radius 1 is 0.952 bits per heavy atom. The monoisotopic (exact) mass is 555 g/mol. The second-order valence-corrected chi connectivity index (χ2v) is 11.6. The van der Waals surface area contributed by atoms with Crippen molar-refractivity contribution in [2.24, 2.45) is 5.92 Å². The third-order valence-electron chi connectivity index (χ3n) is 8.67. The SMILES string of the molecule is Cc1cccc(C(=O)Nc2ccc3c(c2)C(CCCc2cnc[nH]2)CCCC(C(=O)c2cccc4ccccc24)C3)c1. The fourth-order valence-electron chi connectivity index (χ4n) is 6.51. The zero-order valence-corrected chi connectivity index (χ0v) is 24.1. The molecule has 212 valence electrons. The summed E-state index contributed by atoms with van der Waals surface area (Å²) < 4.78 is 0. The lowest BCUT2D eigenvalue weighted by Crippen LogP contribution is -2.22. The van der Waals surface area contributed by atoms with Crippen LogP contribution in [0, 0.1) is 12.8 Å². The van der Waals surface area contributed by atoms with Crippen LogP contribution in [-0.4, -0.2) is 21.7 Å². The number of aryl methyl sites for hydroxylation is 2. The van der Waals surface area contributed by atoms with Gasteiger partial charge >= 0.3 is 0 Å². The number of fused-ring (bicyclic) bond motifs is 2. The quantitative estimate of drug-likeness (QED) is 0.189. The van der Waals surface area contributed by atoms with E-state index in [1.165, 1.54) is 11.1 Å². The first kappa shape index (κ1) is 27.6. The third-order valence-corrected chi connectivity index (χ3v) is 8.67. The smallest absolute Gasteiger partial charge is 0.255 e. The number of aromatic amines is 1. The van der Waals surface area contributed by atoms with Crippen LogP contribution in [0.4, 0.5) is 5.69 Å². The second kappa shape index (κ2) is 12.6. The Balaban J connectivity index is 1.28. The largest absolute Gasteiger partial charge is 0.348 e. The minimum atomic E-state index is -0.107. The van der Waals surface area contributed by atoms with Crippen molar-refractivity contribution in [2.75, 3.05) is 5.32 Å². The van der Waals surface area contributed by atoms with Crippen molar-refractivity contribution < 1.29 is 9.59 Å². The highest BCUT2D eigenvalue weighted by atomic mass is 16.1. The lowest BCUT2D eigenvalue weighted by Gasteiger charge is -2.28. The van der Waals surface area contributed by atoms with Crippen molar-refractivity contribution in [1.29, 1.82) is 0 Å². The molecule has 0 radical (unpaired) electrons. The van der Waals surface area contributed by atoms with E-state index in [9.17, 15) is 9.59 Å². The van der Waals surface area contributed by atoms with Gasteiger partial charge in [0, 0.05) is 34.6 Å². The van der Waals surface area contributed by atoms with Gasteiger partial charge in [0.15, 0.2) is 5.78 Å². The highest BCUT2D eigenvalue weighted by Crippen LogP contribution is 2.38. The molecular weight excluding hydrogens is 518 g/mol. The summed E-state index contributed by atoms with van der Waals surface area (Å²) in [5, 5.41) is 5.26. The van der Waals surface area contributed by atoms with Crippen molar-refractivity contribution in [3.05, 3.63) is 131 Å². The van der Waals surface area contributed by atoms with E-state index in [0.29, 0.717) is 17.9 Å². The van der Waals surface area contributed by atoms with Gasteiger partial charge in [-0.3, -0.25) is 9.59 Å². The van der Waals surface area contributed by atoms with E-state index >= 15 is 0 Å². The topological polar surface area (TPSA) is 74.8 Å². The molecule has 5 aromatic rings. The fraction of sp³-hybridized carbons (Fsp3) is 0.270. The lowest BCUT2D eigenvalue weighted by atomic mass is 9.77. The zero-order chi connectivity index (χ0) is 28.9. The summed E-state index contributed by atoms with van der Waals surface area (Å²) in [5.41, 5.74) is 6.96. The maximum Gasteiger partial charge on any atom is 0.255 e.